The van der Waals surface area contributed by atoms with E-state index in [1.807, 2.05) is 30.5 Å². The second kappa shape index (κ2) is 9.11. The molecule has 2 rings (SSSR count). The Morgan fingerprint density at radius 3 is 2.57 bits per heavy atom. The molecule has 0 radical (unpaired) electrons. The van der Waals surface area contributed by atoms with Gasteiger partial charge in [-0.2, -0.15) is 0 Å². The number of thioether (sulfide) groups is 1. The summed E-state index contributed by atoms with van der Waals surface area (Å²) >= 11 is 1.66. The third-order valence-corrected chi connectivity index (χ3v) is 4.96. The lowest BCUT2D eigenvalue weighted by Crippen LogP contribution is -2.91. The Labute approximate surface area is 132 Å². The van der Waals surface area contributed by atoms with E-state index in [0.717, 1.165) is 10.6 Å². The molecule has 116 valence electrons. The van der Waals surface area contributed by atoms with E-state index in [2.05, 4.69) is 10.6 Å². The molecule has 0 atom stereocenters. The van der Waals surface area contributed by atoms with Gasteiger partial charge in [0.15, 0.2) is 6.54 Å². The topological polar surface area (TPSA) is 45.7 Å². The summed E-state index contributed by atoms with van der Waals surface area (Å²) in [5, 5.41) is 5.28. The van der Waals surface area contributed by atoms with Gasteiger partial charge in [0.25, 0.3) is 5.91 Å². The van der Waals surface area contributed by atoms with E-state index in [4.69, 9.17) is 0 Å². The highest BCUT2D eigenvalue weighted by Crippen LogP contribution is 2.24. The van der Waals surface area contributed by atoms with Crippen LogP contribution in [0, 0.1) is 0 Å². The molecule has 3 N–H and O–H groups in total. The number of para-hydroxylation sites is 1. The number of nitrogens with two attached hydrogens (primary N) is 1. The lowest BCUT2D eigenvalue weighted by atomic mass is 9.97. The SMILES string of the molecule is CSc1ccccc1NC(=O)C[NH2+]C1CCCCCCC1. The largest absolute Gasteiger partial charge is 0.336 e. The fourth-order valence-electron chi connectivity index (χ4n) is 2.95. The molecular weight excluding hydrogens is 280 g/mol. The molecule has 4 heteroatoms. The number of quaternary nitrogens is 1. The first kappa shape index (κ1) is 16.4. The van der Waals surface area contributed by atoms with Crippen LogP contribution in [-0.4, -0.2) is 24.7 Å². The number of benzene rings is 1. The number of rotatable bonds is 5. The molecule has 0 saturated heterocycles. The highest BCUT2D eigenvalue weighted by Gasteiger charge is 2.16. The monoisotopic (exact) mass is 307 g/mol. The van der Waals surface area contributed by atoms with Crippen molar-refractivity contribution in [1.29, 1.82) is 0 Å². The van der Waals surface area contributed by atoms with Crippen molar-refractivity contribution in [2.24, 2.45) is 0 Å². The van der Waals surface area contributed by atoms with Crippen LogP contribution in [-0.2, 0) is 4.79 Å². The molecule has 0 aliphatic heterocycles. The quantitative estimate of drug-likeness (QED) is 0.821. The van der Waals surface area contributed by atoms with Crippen molar-refractivity contribution in [3.63, 3.8) is 0 Å². The molecule has 1 aromatic rings. The standard InChI is InChI=1S/C17H26N2OS/c1-21-16-12-8-7-11-15(16)19-17(20)13-18-14-9-5-3-2-4-6-10-14/h7-8,11-12,14,18H,2-6,9-10,13H2,1H3,(H,19,20)/p+1. The summed E-state index contributed by atoms with van der Waals surface area (Å²) in [4.78, 5) is 13.2. The van der Waals surface area contributed by atoms with Crippen molar-refractivity contribution in [3.8, 4) is 0 Å². The summed E-state index contributed by atoms with van der Waals surface area (Å²) in [6.07, 6.45) is 11.3. The van der Waals surface area contributed by atoms with Gasteiger partial charge in [-0.3, -0.25) is 4.79 Å². The second-order valence-electron chi connectivity index (χ2n) is 5.79. The third kappa shape index (κ3) is 5.71. The van der Waals surface area contributed by atoms with E-state index in [1.54, 1.807) is 11.8 Å². The predicted octanol–water partition coefficient (Wildman–Crippen LogP) is 3.02. The van der Waals surface area contributed by atoms with E-state index in [1.165, 1.54) is 44.9 Å². The van der Waals surface area contributed by atoms with Crippen LogP contribution in [0.1, 0.15) is 44.9 Å². The van der Waals surface area contributed by atoms with Crippen molar-refractivity contribution >= 4 is 23.4 Å². The first-order chi connectivity index (χ1) is 10.3. The van der Waals surface area contributed by atoms with Gasteiger partial charge in [-0.25, -0.2) is 0 Å². The lowest BCUT2D eigenvalue weighted by molar-refractivity contribution is -0.680. The number of hydrogen-bond donors (Lipinski definition) is 2. The number of amides is 1. The fraction of sp³-hybridized carbons (Fsp3) is 0.588. The molecular formula is C17H27N2OS+. The first-order valence-corrected chi connectivity index (χ1v) is 9.28. The Bertz CT molecular complexity index is 442. The zero-order valence-corrected chi connectivity index (χ0v) is 13.8. The van der Waals surface area contributed by atoms with Gasteiger partial charge >= 0.3 is 0 Å². The highest BCUT2D eigenvalue weighted by atomic mass is 32.2. The Morgan fingerprint density at radius 1 is 1.19 bits per heavy atom. The Balaban J connectivity index is 1.78. The summed E-state index contributed by atoms with van der Waals surface area (Å²) in [6.45, 7) is 0.535. The van der Waals surface area contributed by atoms with Crippen molar-refractivity contribution in [3.05, 3.63) is 24.3 Å². The first-order valence-electron chi connectivity index (χ1n) is 8.06. The lowest BCUT2D eigenvalue weighted by Gasteiger charge is -2.18. The Hall–Kier alpha value is -1.00. The number of carbonyl (C=O) groups excluding carboxylic acids is 1. The van der Waals surface area contributed by atoms with Gasteiger partial charge in [-0.1, -0.05) is 31.4 Å². The molecule has 1 amide bonds. The number of nitrogens with one attached hydrogen (secondary N) is 1. The second-order valence-corrected chi connectivity index (χ2v) is 6.64. The van der Waals surface area contributed by atoms with Crippen LogP contribution in [0.5, 0.6) is 0 Å². The predicted molar refractivity (Wildman–Crippen MR) is 89.8 cm³/mol. The Kier molecular flexibility index (Phi) is 7.10. The molecule has 1 aliphatic carbocycles. The maximum Gasteiger partial charge on any atom is 0.279 e. The van der Waals surface area contributed by atoms with Crippen molar-refractivity contribution in [2.75, 3.05) is 18.1 Å². The number of anilines is 1. The molecule has 0 heterocycles. The summed E-state index contributed by atoms with van der Waals surface area (Å²) in [5.74, 6) is 0.110. The summed E-state index contributed by atoms with van der Waals surface area (Å²) < 4.78 is 0. The molecule has 0 aromatic heterocycles. The zero-order chi connectivity index (χ0) is 14.9. The van der Waals surface area contributed by atoms with Crippen LogP contribution in [0.4, 0.5) is 5.69 Å². The zero-order valence-electron chi connectivity index (χ0n) is 12.9. The van der Waals surface area contributed by atoms with Crippen LogP contribution in [0.15, 0.2) is 29.2 Å². The highest BCUT2D eigenvalue weighted by molar-refractivity contribution is 7.98. The summed E-state index contributed by atoms with van der Waals surface area (Å²) in [7, 11) is 0. The van der Waals surface area contributed by atoms with Crippen molar-refractivity contribution in [2.45, 2.75) is 55.9 Å². The molecule has 0 unspecified atom stereocenters. The van der Waals surface area contributed by atoms with Gasteiger partial charge in [0, 0.05) is 4.90 Å². The van der Waals surface area contributed by atoms with Gasteiger partial charge in [-0.05, 0) is 44.1 Å². The van der Waals surface area contributed by atoms with Gasteiger partial charge < -0.3 is 10.6 Å². The van der Waals surface area contributed by atoms with Gasteiger partial charge in [-0.15, -0.1) is 11.8 Å². The van der Waals surface area contributed by atoms with Crippen LogP contribution in [0.3, 0.4) is 0 Å². The number of hydrogen-bond acceptors (Lipinski definition) is 2. The van der Waals surface area contributed by atoms with Crippen molar-refractivity contribution < 1.29 is 10.1 Å². The third-order valence-electron chi connectivity index (χ3n) is 4.17. The molecule has 1 aromatic carbocycles. The van der Waals surface area contributed by atoms with Crippen LogP contribution in [0.2, 0.25) is 0 Å². The van der Waals surface area contributed by atoms with Crippen LogP contribution in [0.25, 0.3) is 0 Å². The normalized spacial score (nSPS) is 17.0. The van der Waals surface area contributed by atoms with E-state index in [-0.39, 0.29) is 5.91 Å². The molecule has 0 spiro atoms. The van der Waals surface area contributed by atoms with E-state index in [0.29, 0.717) is 12.6 Å². The Morgan fingerprint density at radius 2 is 1.86 bits per heavy atom. The average molecular weight is 307 g/mol. The number of carbonyl (C=O) groups is 1. The summed E-state index contributed by atoms with van der Waals surface area (Å²) in [6, 6.07) is 8.61. The fourth-order valence-corrected chi connectivity index (χ4v) is 3.50. The minimum atomic E-state index is 0.110. The van der Waals surface area contributed by atoms with Gasteiger partial charge in [0.2, 0.25) is 0 Å². The molecule has 1 saturated carbocycles. The molecule has 0 bridgehead atoms. The minimum Gasteiger partial charge on any atom is -0.336 e. The molecule has 3 nitrogen and oxygen atoms in total. The van der Waals surface area contributed by atoms with E-state index in [9.17, 15) is 4.79 Å². The van der Waals surface area contributed by atoms with Gasteiger partial charge in [0.1, 0.15) is 0 Å². The van der Waals surface area contributed by atoms with E-state index < -0.39 is 0 Å². The smallest absolute Gasteiger partial charge is 0.279 e. The summed E-state index contributed by atoms with van der Waals surface area (Å²) in [5.41, 5.74) is 0.932. The average Bonchev–Trinajstić information content (AvgIpc) is 2.46. The maximum atomic E-state index is 12.1. The van der Waals surface area contributed by atoms with Crippen molar-refractivity contribution in [1.82, 2.24) is 0 Å². The molecule has 1 aliphatic rings. The van der Waals surface area contributed by atoms with Gasteiger partial charge in [0.05, 0.1) is 11.7 Å². The minimum absolute atomic E-state index is 0.110. The molecule has 1 fully saturated rings. The van der Waals surface area contributed by atoms with E-state index >= 15 is 0 Å². The maximum absolute atomic E-state index is 12.1. The van der Waals surface area contributed by atoms with Crippen LogP contribution >= 0.6 is 11.8 Å². The molecule has 21 heavy (non-hydrogen) atoms. The van der Waals surface area contributed by atoms with Crippen LogP contribution < -0.4 is 10.6 Å².